The molecule has 0 aromatic carbocycles. The summed E-state index contributed by atoms with van der Waals surface area (Å²) in [4.78, 5) is 0. The van der Waals surface area contributed by atoms with Crippen LogP contribution in [-0.4, -0.2) is 45.2 Å². The Morgan fingerprint density at radius 1 is 1.31 bits per heavy atom. The topological polar surface area (TPSA) is 55.4 Å². The molecule has 16 heavy (non-hydrogen) atoms. The second-order valence-electron chi connectivity index (χ2n) is 4.92. The fourth-order valence-electron chi connectivity index (χ4n) is 2.18. The standard InChI is InChI=1S/C11H21NO3S/c1-9-11(4-6-15-9)16(13,14)7-5-12-8-10-2-3-10/h9-12H,2-8H2,1H3. The van der Waals surface area contributed by atoms with Gasteiger partial charge in [-0.05, 0) is 38.6 Å². The highest BCUT2D eigenvalue weighted by Crippen LogP contribution is 2.27. The predicted octanol–water partition coefficient (Wildman–Crippen LogP) is 0.578. The molecule has 1 N–H and O–H groups in total. The van der Waals surface area contributed by atoms with Crippen molar-refractivity contribution in [2.24, 2.45) is 5.92 Å². The van der Waals surface area contributed by atoms with Gasteiger partial charge in [-0.15, -0.1) is 0 Å². The molecule has 0 radical (unpaired) electrons. The van der Waals surface area contributed by atoms with Crippen LogP contribution in [0.3, 0.4) is 0 Å². The van der Waals surface area contributed by atoms with E-state index in [-0.39, 0.29) is 17.1 Å². The summed E-state index contributed by atoms with van der Waals surface area (Å²) in [6.07, 6.45) is 3.13. The molecule has 2 fully saturated rings. The average molecular weight is 247 g/mol. The van der Waals surface area contributed by atoms with Crippen LogP contribution < -0.4 is 5.32 Å². The summed E-state index contributed by atoms with van der Waals surface area (Å²) >= 11 is 0. The van der Waals surface area contributed by atoms with Gasteiger partial charge in [0, 0.05) is 13.2 Å². The molecule has 0 aromatic heterocycles. The molecule has 5 heteroatoms. The van der Waals surface area contributed by atoms with Crippen molar-refractivity contribution in [1.82, 2.24) is 5.32 Å². The summed E-state index contributed by atoms with van der Waals surface area (Å²) in [7, 11) is -2.97. The van der Waals surface area contributed by atoms with Crippen LogP contribution in [0.2, 0.25) is 0 Å². The van der Waals surface area contributed by atoms with Crippen LogP contribution in [0.15, 0.2) is 0 Å². The molecule has 1 aliphatic carbocycles. The van der Waals surface area contributed by atoms with E-state index in [2.05, 4.69) is 5.32 Å². The Bertz CT molecular complexity index is 324. The Hall–Kier alpha value is -0.130. The molecule has 1 aliphatic heterocycles. The van der Waals surface area contributed by atoms with Gasteiger partial charge in [-0.3, -0.25) is 0 Å². The highest BCUT2D eigenvalue weighted by atomic mass is 32.2. The van der Waals surface area contributed by atoms with E-state index in [1.807, 2.05) is 6.92 Å². The molecule has 0 bridgehead atoms. The van der Waals surface area contributed by atoms with Crippen LogP contribution in [0.25, 0.3) is 0 Å². The van der Waals surface area contributed by atoms with Crippen LogP contribution in [0.5, 0.6) is 0 Å². The first kappa shape index (κ1) is 12.3. The molecule has 1 saturated carbocycles. The molecule has 4 nitrogen and oxygen atoms in total. The maximum absolute atomic E-state index is 12.0. The van der Waals surface area contributed by atoms with Crippen molar-refractivity contribution in [2.45, 2.75) is 37.5 Å². The molecule has 94 valence electrons. The van der Waals surface area contributed by atoms with Gasteiger partial charge >= 0.3 is 0 Å². The third-order valence-corrected chi connectivity index (χ3v) is 5.78. The van der Waals surface area contributed by atoms with Gasteiger partial charge in [-0.25, -0.2) is 8.42 Å². The van der Waals surface area contributed by atoms with Gasteiger partial charge in [0.1, 0.15) is 0 Å². The highest BCUT2D eigenvalue weighted by molar-refractivity contribution is 7.92. The summed E-state index contributed by atoms with van der Waals surface area (Å²) in [6, 6.07) is 0. The normalized spacial score (nSPS) is 30.8. The number of hydrogen-bond donors (Lipinski definition) is 1. The number of hydrogen-bond acceptors (Lipinski definition) is 4. The van der Waals surface area contributed by atoms with Crippen molar-refractivity contribution in [2.75, 3.05) is 25.4 Å². The monoisotopic (exact) mass is 247 g/mol. The van der Waals surface area contributed by atoms with Crippen LogP contribution >= 0.6 is 0 Å². The predicted molar refractivity (Wildman–Crippen MR) is 63.2 cm³/mol. The van der Waals surface area contributed by atoms with Gasteiger partial charge in [0.25, 0.3) is 0 Å². The van der Waals surface area contributed by atoms with Gasteiger partial charge in [-0.1, -0.05) is 0 Å². The van der Waals surface area contributed by atoms with Crippen molar-refractivity contribution in [3.63, 3.8) is 0 Å². The third-order valence-electron chi connectivity index (χ3n) is 3.46. The number of rotatable bonds is 6. The lowest BCUT2D eigenvalue weighted by molar-refractivity contribution is 0.126. The van der Waals surface area contributed by atoms with Crippen molar-refractivity contribution < 1.29 is 13.2 Å². The highest BCUT2D eigenvalue weighted by Gasteiger charge is 2.35. The Morgan fingerprint density at radius 2 is 2.06 bits per heavy atom. The molecule has 2 unspecified atom stereocenters. The molecule has 0 amide bonds. The van der Waals surface area contributed by atoms with Crippen molar-refractivity contribution >= 4 is 9.84 Å². The minimum atomic E-state index is -2.97. The van der Waals surface area contributed by atoms with Crippen molar-refractivity contribution in [1.29, 1.82) is 0 Å². The van der Waals surface area contributed by atoms with Crippen LogP contribution in [0, 0.1) is 5.92 Å². The second-order valence-corrected chi connectivity index (χ2v) is 7.26. The van der Waals surface area contributed by atoms with E-state index in [0.29, 0.717) is 19.6 Å². The Labute approximate surface area is 97.7 Å². The molecular weight excluding hydrogens is 226 g/mol. The Morgan fingerprint density at radius 3 is 2.62 bits per heavy atom. The van der Waals surface area contributed by atoms with Gasteiger partial charge < -0.3 is 10.1 Å². The van der Waals surface area contributed by atoms with E-state index in [9.17, 15) is 8.42 Å². The lowest BCUT2D eigenvalue weighted by Gasteiger charge is -2.15. The summed E-state index contributed by atoms with van der Waals surface area (Å²) in [5, 5.41) is 2.94. The van der Waals surface area contributed by atoms with E-state index in [4.69, 9.17) is 4.74 Å². The van der Waals surface area contributed by atoms with Gasteiger partial charge in [-0.2, -0.15) is 0 Å². The van der Waals surface area contributed by atoms with Crippen molar-refractivity contribution in [3.8, 4) is 0 Å². The summed E-state index contributed by atoms with van der Waals surface area (Å²) in [5.41, 5.74) is 0. The van der Waals surface area contributed by atoms with Crippen LogP contribution in [0.1, 0.15) is 26.2 Å². The average Bonchev–Trinajstić information content (AvgIpc) is 2.94. The quantitative estimate of drug-likeness (QED) is 0.698. The zero-order valence-electron chi connectivity index (χ0n) is 9.81. The van der Waals surface area contributed by atoms with E-state index >= 15 is 0 Å². The zero-order chi connectivity index (χ0) is 11.6. The Balaban J connectivity index is 1.73. The van der Waals surface area contributed by atoms with Gasteiger partial charge in [0.15, 0.2) is 9.84 Å². The molecule has 2 aliphatic rings. The molecule has 0 aromatic rings. The van der Waals surface area contributed by atoms with Gasteiger partial charge in [0.2, 0.25) is 0 Å². The Kier molecular flexibility index (Phi) is 3.87. The molecule has 1 heterocycles. The first-order valence-electron chi connectivity index (χ1n) is 6.13. The molecule has 1 saturated heterocycles. The fraction of sp³-hybridized carbons (Fsp3) is 1.00. The zero-order valence-corrected chi connectivity index (χ0v) is 10.6. The molecule has 2 rings (SSSR count). The molecular formula is C11H21NO3S. The second kappa shape index (κ2) is 5.02. The lowest BCUT2D eigenvalue weighted by atomic mass is 10.3. The first-order valence-corrected chi connectivity index (χ1v) is 7.85. The van der Waals surface area contributed by atoms with E-state index in [1.54, 1.807) is 0 Å². The van der Waals surface area contributed by atoms with E-state index < -0.39 is 9.84 Å². The van der Waals surface area contributed by atoms with Crippen LogP contribution in [0.4, 0.5) is 0 Å². The number of ether oxygens (including phenoxy) is 1. The SMILES string of the molecule is CC1OCCC1S(=O)(=O)CCNCC1CC1. The van der Waals surface area contributed by atoms with Crippen molar-refractivity contribution in [3.05, 3.63) is 0 Å². The largest absolute Gasteiger partial charge is 0.377 e. The summed E-state index contributed by atoms with van der Waals surface area (Å²) in [6.45, 7) is 4.00. The van der Waals surface area contributed by atoms with Crippen LogP contribution in [-0.2, 0) is 14.6 Å². The van der Waals surface area contributed by atoms with E-state index in [0.717, 1.165) is 12.5 Å². The third kappa shape index (κ3) is 3.18. The molecule has 0 spiro atoms. The minimum absolute atomic E-state index is 0.131. The fourth-order valence-corrected chi connectivity index (χ4v) is 4.03. The minimum Gasteiger partial charge on any atom is -0.377 e. The first-order chi connectivity index (χ1) is 7.59. The van der Waals surface area contributed by atoms with Gasteiger partial charge in [0.05, 0.1) is 17.1 Å². The van der Waals surface area contributed by atoms with E-state index in [1.165, 1.54) is 12.8 Å². The lowest BCUT2D eigenvalue weighted by Crippen LogP contribution is -2.34. The molecule has 2 atom stereocenters. The number of sulfone groups is 1. The number of nitrogens with one attached hydrogen (secondary N) is 1. The maximum Gasteiger partial charge on any atom is 0.157 e. The maximum atomic E-state index is 12.0. The smallest absolute Gasteiger partial charge is 0.157 e. The summed E-state index contributed by atoms with van der Waals surface area (Å²) < 4.78 is 29.3. The summed E-state index contributed by atoms with van der Waals surface area (Å²) in [5.74, 6) is 1.05.